The second-order valence-electron chi connectivity index (χ2n) is 5.13. The molecular weight excluding hydrogens is 306 g/mol. The van der Waals surface area contributed by atoms with Crippen LogP contribution in [0.4, 0.5) is 22.4 Å². The van der Waals surface area contributed by atoms with Gasteiger partial charge in [-0.05, 0) is 5.56 Å². The van der Waals surface area contributed by atoms with E-state index in [0.29, 0.717) is 5.56 Å². The summed E-state index contributed by atoms with van der Waals surface area (Å²) >= 11 is 0. The average molecular weight is 321 g/mol. The molecule has 1 N–H and O–H groups in total. The number of hydrogen-bond acceptors (Lipinski definition) is 3. The van der Waals surface area contributed by atoms with Crippen LogP contribution in [0.3, 0.4) is 0 Å². The van der Waals surface area contributed by atoms with Gasteiger partial charge in [-0.3, -0.25) is 0 Å². The molecule has 1 unspecified atom stereocenters. The van der Waals surface area contributed by atoms with Gasteiger partial charge in [0.25, 0.3) is 0 Å². The van der Waals surface area contributed by atoms with Crippen LogP contribution in [0.5, 0.6) is 0 Å². The van der Waals surface area contributed by atoms with Crippen molar-refractivity contribution in [1.29, 1.82) is 0 Å². The molecule has 4 nitrogen and oxygen atoms in total. The molecule has 0 radical (unpaired) electrons. The van der Waals surface area contributed by atoms with Crippen molar-refractivity contribution in [2.75, 3.05) is 13.1 Å². The number of halogens is 4. The van der Waals surface area contributed by atoms with Gasteiger partial charge in [-0.1, -0.05) is 30.3 Å². The first-order valence-electron chi connectivity index (χ1n) is 6.63. The molecule has 0 bridgehead atoms. The lowest BCUT2D eigenvalue weighted by atomic mass is 9.89. The number of alkyl halides is 4. The van der Waals surface area contributed by atoms with Crippen LogP contribution < -0.4 is 0 Å². The summed E-state index contributed by atoms with van der Waals surface area (Å²) in [5.74, 6) is 0. The Balaban J connectivity index is 1.91. The molecule has 8 heteroatoms. The zero-order valence-electron chi connectivity index (χ0n) is 11.5. The van der Waals surface area contributed by atoms with Crippen molar-refractivity contribution in [2.45, 2.75) is 31.0 Å². The number of likely N-dealkylation sites (tertiary alicyclic amines) is 1. The maximum Gasteiger partial charge on any atom is 0.420 e. The molecule has 22 heavy (non-hydrogen) atoms. The fourth-order valence-electron chi connectivity index (χ4n) is 2.19. The highest BCUT2D eigenvalue weighted by Gasteiger charge is 2.61. The lowest BCUT2D eigenvalue weighted by Crippen LogP contribution is -2.62. The first-order chi connectivity index (χ1) is 10.2. The van der Waals surface area contributed by atoms with Crippen LogP contribution in [0.15, 0.2) is 30.3 Å². The van der Waals surface area contributed by atoms with Crippen LogP contribution in [0, 0.1) is 0 Å². The number of amides is 1. The first kappa shape index (κ1) is 16.5. The van der Waals surface area contributed by atoms with Crippen LogP contribution >= 0.6 is 0 Å². The fraction of sp³-hybridized carbons (Fsp3) is 0.500. The second-order valence-corrected chi connectivity index (χ2v) is 5.13. The Bertz CT molecular complexity index is 523. The largest absolute Gasteiger partial charge is 0.445 e. The Morgan fingerprint density at radius 3 is 2.55 bits per heavy atom. The van der Waals surface area contributed by atoms with E-state index in [1.807, 2.05) is 0 Å². The van der Waals surface area contributed by atoms with Crippen molar-refractivity contribution in [3.05, 3.63) is 35.9 Å². The van der Waals surface area contributed by atoms with E-state index in [1.54, 1.807) is 30.3 Å². The van der Waals surface area contributed by atoms with Gasteiger partial charge < -0.3 is 14.7 Å². The smallest absolute Gasteiger partial charge is 0.420 e. The summed E-state index contributed by atoms with van der Waals surface area (Å²) < 4.78 is 56.6. The maximum atomic E-state index is 13.7. The molecule has 1 aromatic carbocycles. The number of benzene rings is 1. The number of hydrogen-bond donors (Lipinski definition) is 1. The highest BCUT2D eigenvalue weighted by Crippen LogP contribution is 2.40. The minimum atomic E-state index is -5.08. The SMILES string of the molecule is O=C(OCc1ccccc1)N1CC[C@@](O)(C(F)(F)F)C(F)C1. The van der Waals surface area contributed by atoms with E-state index in [1.165, 1.54) is 0 Å². The highest BCUT2D eigenvalue weighted by atomic mass is 19.4. The third-order valence-corrected chi connectivity index (χ3v) is 3.62. The number of carbonyl (C=O) groups excluding carboxylic acids is 1. The molecule has 0 saturated carbocycles. The quantitative estimate of drug-likeness (QED) is 0.852. The van der Waals surface area contributed by atoms with Crippen LogP contribution in [-0.4, -0.2) is 47.1 Å². The van der Waals surface area contributed by atoms with Gasteiger partial charge in [0.15, 0.2) is 11.8 Å². The number of nitrogens with zero attached hydrogens (tertiary/aromatic N) is 1. The molecule has 1 heterocycles. The standard InChI is InChI=1S/C14H15F4NO3/c15-11-8-19(7-6-13(11,21)14(16,17)18)12(20)22-9-10-4-2-1-3-5-10/h1-5,11,21H,6-9H2/t11?,13-/m0/s1. The molecule has 0 aromatic heterocycles. The Labute approximate surface area is 124 Å². The van der Waals surface area contributed by atoms with Crippen LogP contribution in [-0.2, 0) is 11.3 Å². The highest BCUT2D eigenvalue weighted by molar-refractivity contribution is 5.68. The number of ether oxygens (including phenoxy) is 1. The van der Waals surface area contributed by atoms with Gasteiger partial charge in [0, 0.05) is 13.0 Å². The molecule has 2 atom stereocenters. The van der Waals surface area contributed by atoms with Crippen molar-refractivity contribution in [1.82, 2.24) is 4.90 Å². The summed E-state index contributed by atoms with van der Waals surface area (Å²) in [6.45, 7) is -1.34. The lowest BCUT2D eigenvalue weighted by Gasteiger charge is -2.40. The molecule has 1 saturated heterocycles. The van der Waals surface area contributed by atoms with Crippen molar-refractivity contribution in [3.8, 4) is 0 Å². The topological polar surface area (TPSA) is 49.8 Å². The van der Waals surface area contributed by atoms with Gasteiger partial charge >= 0.3 is 12.3 Å². The van der Waals surface area contributed by atoms with Crippen molar-refractivity contribution in [2.24, 2.45) is 0 Å². The van der Waals surface area contributed by atoms with E-state index in [-0.39, 0.29) is 6.61 Å². The second kappa shape index (κ2) is 6.12. The Hall–Kier alpha value is -1.83. The molecule has 0 spiro atoms. The average Bonchev–Trinajstić information content (AvgIpc) is 2.47. The summed E-state index contributed by atoms with van der Waals surface area (Å²) in [6.07, 6.45) is -9.51. The zero-order valence-corrected chi connectivity index (χ0v) is 11.5. The minimum Gasteiger partial charge on any atom is -0.445 e. The van der Waals surface area contributed by atoms with E-state index >= 15 is 0 Å². The monoisotopic (exact) mass is 321 g/mol. The lowest BCUT2D eigenvalue weighted by molar-refractivity contribution is -0.291. The molecule has 1 fully saturated rings. The summed E-state index contributed by atoms with van der Waals surface area (Å²) in [6, 6.07) is 8.69. The van der Waals surface area contributed by atoms with E-state index < -0.39 is 43.6 Å². The van der Waals surface area contributed by atoms with Gasteiger partial charge in [0.1, 0.15) is 6.61 Å². The normalized spacial score (nSPS) is 25.9. The van der Waals surface area contributed by atoms with Crippen LogP contribution in [0.25, 0.3) is 0 Å². The number of rotatable bonds is 2. The van der Waals surface area contributed by atoms with E-state index in [2.05, 4.69) is 0 Å². The van der Waals surface area contributed by atoms with Gasteiger partial charge in [-0.2, -0.15) is 13.2 Å². The number of carbonyl (C=O) groups is 1. The first-order valence-corrected chi connectivity index (χ1v) is 6.63. The predicted molar refractivity (Wildman–Crippen MR) is 68.7 cm³/mol. The van der Waals surface area contributed by atoms with Gasteiger partial charge in [-0.25, -0.2) is 9.18 Å². The van der Waals surface area contributed by atoms with Crippen molar-refractivity contribution < 1.29 is 32.2 Å². The molecule has 1 aromatic rings. The number of aliphatic hydroxyl groups is 1. The molecule has 0 aliphatic carbocycles. The zero-order chi connectivity index (χ0) is 16.4. The summed E-state index contributed by atoms with van der Waals surface area (Å²) in [5, 5.41) is 9.40. The minimum absolute atomic E-state index is 0.0589. The summed E-state index contributed by atoms with van der Waals surface area (Å²) in [5.41, 5.74) is -2.71. The third kappa shape index (κ3) is 3.32. The fourth-order valence-corrected chi connectivity index (χ4v) is 2.19. The Morgan fingerprint density at radius 1 is 1.36 bits per heavy atom. The van der Waals surface area contributed by atoms with Crippen molar-refractivity contribution >= 4 is 6.09 Å². The van der Waals surface area contributed by atoms with E-state index in [0.717, 1.165) is 4.90 Å². The molecule has 122 valence electrons. The third-order valence-electron chi connectivity index (χ3n) is 3.62. The Morgan fingerprint density at radius 2 is 2.00 bits per heavy atom. The van der Waals surface area contributed by atoms with E-state index in [4.69, 9.17) is 4.74 Å². The number of piperidine rings is 1. The summed E-state index contributed by atoms with van der Waals surface area (Å²) in [4.78, 5) is 12.6. The molecular formula is C14H15F4NO3. The van der Waals surface area contributed by atoms with Gasteiger partial charge in [0.05, 0.1) is 6.54 Å². The molecule has 1 amide bonds. The van der Waals surface area contributed by atoms with Gasteiger partial charge in [-0.15, -0.1) is 0 Å². The van der Waals surface area contributed by atoms with Crippen LogP contribution in [0.2, 0.25) is 0 Å². The molecule has 1 aliphatic rings. The Kier molecular flexibility index (Phi) is 4.60. The van der Waals surface area contributed by atoms with Crippen LogP contribution in [0.1, 0.15) is 12.0 Å². The summed E-state index contributed by atoms with van der Waals surface area (Å²) in [7, 11) is 0. The predicted octanol–water partition coefficient (Wildman–Crippen LogP) is 2.66. The molecule has 2 rings (SSSR count). The maximum absolute atomic E-state index is 13.7. The van der Waals surface area contributed by atoms with Crippen molar-refractivity contribution in [3.63, 3.8) is 0 Å². The molecule has 1 aliphatic heterocycles. The van der Waals surface area contributed by atoms with E-state index in [9.17, 15) is 27.5 Å². The van der Waals surface area contributed by atoms with Gasteiger partial charge in [0.2, 0.25) is 0 Å².